The molecule has 3 rings (SSSR count). The number of aromatic nitrogens is 2. The predicted molar refractivity (Wildman–Crippen MR) is 83.4 cm³/mol. The molecule has 6 heteroatoms. The van der Waals surface area contributed by atoms with Gasteiger partial charge < -0.3 is 5.73 Å². The highest BCUT2D eigenvalue weighted by molar-refractivity contribution is 6.04. The lowest BCUT2D eigenvalue weighted by Gasteiger charge is -2.49. The van der Waals surface area contributed by atoms with E-state index < -0.39 is 16.7 Å². The van der Waals surface area contributed by atoms with Crippen LogP contribution in [-0.2, 0) is 23.7 Å². The number of fused-ring (bicyclic) bond motifs is 3. The van der Waals surface area contributed by atoms with Gasteiger partial charge in [-0.15, -0.1) is 0 Å². The second-order valence-electron chi connectivity index (χ2n) is 7.26. The average molecular weight is 312 g/mol. The molecule has 120 valence electrons. The zero-order valence-electron chi connectivity index (χ0n) is 13.8. The number of carbonyl (C=O) groups is 2. The SMILES string of the molecule is Cn1nc2c(c1C(N)=O)CCC1C(C)(C)C(=O)C(C#N)=C[C@]21C. The van der Waals surface area contributed by atoms with Gasteiger partial charge in [0.15, 0.2) is 5.78 Å². The van der Waals surface area contributed by atoms with Gasteiger partial charge >= 0.3 is 0 Å². The first-order valence-corrected chi connectivity index (χ1v) is 7.68. The highest BCUT2D eigenvalue weighted by Crippen LogP contribution is 2.54. The Morgan fingerprint density at radius 2 is 2.13 bits per heavy atom. The number of hydrogen-bond donors (Lipinski definition) is 1. The summed E-state index contributed by atoms with van der Waals surface area (Å²) in [6.07, 6.45) is 3.15. The number of nitriles is 1. The van der Waals surface area contributed by atoms with Crippen LogP contribution in [0.25, 0.3) is 0 Å². The Labute approximate surface area is 135 Å². The third-order valence-corrected chi connectivity index (χ3v) is 5.56. The van der Waals surface area contributed by atoms with Gasteiger partial charge in [0.2, 0.25) is 0 Å². The Hall–Kier alpha value is -2.42. The summed E-state index contributed by atoms with van der Waals surface area (Å²) in [5.41, 5.74) is 6.50. The van der Waals surface area contributed by atoms with Gasteiger partial charge in [0.25, 0.3) is 5.91 Å². The van der Waals surface area contributed by atoms with Gasteiger partial charge in [-0.25, -0.2) is 0 Å². The number of primary amides is 1. The van der Waals surface area contributed by atoms with Crippen LogP contribution in [0.15, 0.2) is 11.6 Å². The van der Waals surface area contributed by atoms with Crippen molar-refractivity contribution in [3.05, 3.63) is 28.6 Å². The van der Waals surface area contributed by atoms with Crippen molar-refractivity contribution >= 4 is 11.7 Å². The van der Waals surface area contributed by atoms with Crippen LogP contribution in [0.3, 0.4) is 0 Å². The molecule has 0 spiro atoms. The Bertz CT molecular complexity index is 809. The van der Waals surface area contributed by atoms with Gasteiger partial charge in [-0.05, 0) is 18.8 Å². The van der Waals surface area contributed by atoms with Crippen molar-refractivity contribution in [3.8, 4) is 6.07 Å². The summed E-state index contributed by atoms with van der Waals surface area (Å²) in [4.78, 5) is 24.3. The molecule has 0 fully saturated rings. The quantitative estimate of drug-likeness (QED) is 0.846. The minimum atomic E-state index is -0.642. The molecule has 0 bridgehead atoms. The van der Waals surface area contributed by atoms with E-state index in [0.717, 1.165) is 17.7 Å². The summed E-state index contributed by atoms with van der Waals surface area (Å²) in [5, 5.41) is 13.9. The summed E-state index contributed by atoms with van der Waals surface area (Å²) in [5.74, 6) is -0.585. The fourth-order valence-electron chi connectivity index (χ4n) is 4.53. The van der Waals surface area contributed by atoms with Crippen molar-refractivity contribution in [2.45, 2.75) is 39.0 Å². The molecule has 1 heterocycles. The molecule has 0 saturated carbocycles. The highest BCUT2D eigenvalue weighted by atomic mass is 16.1. The van der Waals surface area contributed by atoms with E-state index >= 15 is 0 Å². The minimum Gasteiger partial charge on any atom is -0.364 e. The molecule has 0 aromatic carbocycles. The van der Waals surface area contributed by atoms with Crippen LogP contribution >= 0.6 is 0 Å². The zero-order chi connectivity index (χ0) is 17.2. The van der Waals surface area contributed by atoms with E-state index in [-0.39, 0.29) is 17.3 Å². The van der Waals surface area contributed by atoms with Crippen LogP contribution in [0, 0.1) is 22.7 Å². The summed E-state index contributed by atoms with van der Waals surface area (Å²) in [6, 6.07) is 2.03. The number of amides is 1. The topological polar surface area (TPSA) is 102 Å². The second kappa shape index (κ2) is 4.54. The molecule has 2 aliphatic rings. The fourth-order valence-corrected chi connectivity index (χ4v) is 4.53. The normalized spacial score (nSPS) is 28.4. The van der Waals surface area contributed by atoms with Gasteiger partial charge in [-0.1, -0.05) is 26.8 Å². The number of Topliss-reactive ketones (excluding diaryl/α,β-unsaturated/α-hetero) is 1. The maximum absolute atomic E-state index is 12.6. The molecule has 0 aliphatic heterocycles. The number of nitrogens with two attached hydrogens (primary N) is 1. The number of ketones is 1. The van der Waals surface area contributed by atoms with Crippen molar-refractivity contribution in [2.24, 2.45) is 24.1 Å². The second-order valence-corrected chi connectivity index (χ2v) is 7.26. The molecule has 0 saturated heterocycles. The van der Waals surface area contributed by atoms with Crippen LogP contribution in [0.5, 0.6) is 0 Å². The zero-order valence-corrected chi connectivity index (χ0v) is 13.8. The molecule has 1 aromatic heterocycles. The molecule has 1 amide bonds. The first-order valence-electron chi connectivity index (χ1n) is 7.68. The van der Waals surface area contributed by atoms with Crippen LogP contribution in [0.1, 0.15) is 48.9 Å². The maximum Gasteiger partial charge on any atom is 0.267 e. The Balaban J connectivity index is 2.31. The first kappa shape index (κ1) is 15.5. The third kappa shape index (κ3) is 1.83. The van der Waals surface area contributed by atoms with Gasteiger partial charge in [0.05, 0.1) is 11.3 Å². The minimum absolute atomic E-state index is 0.0303. The van der Waals surface area contributed by atoms with E-state index in [9.17, 15) is 14.9 Å². The van der Waals surface area contributed by atoms with E-state index in [1.807, 2.05) is 26.8 Å². The van der Waals surface area contributed by atoms with Gasteiger partial charge in [0.1, 0.15) is 11.8 Å². The van der Waals surface area contributed by atoms with Gasteiger partial charge in [0, 0.05) is 23.4 Å². The first-order chi connectivity index (χ1) is 10.6. The molecule has 6 nitrogen and oxygen atoms in total. The van der Waals surface area contributed by atoms with Gasteiger partial charge in [-0.2, -0.15) is 10.4 Å². The molecule has 2 N–H and O–H groups in total. The van der Waals surface area contributed by atoms with E-state index in [1.54, 1.807) is 13.1 Å². The van der Waals surface area contributed by atoms with E-state index in [4.69, 9.17) is 5.73 Å². The lowest BCUT2D eigenvalue weighted by Crippen LogP contribution is -2.51. The van der Waals surface area contributed by atoms with Gasteiger partial charge in [-0.3, -0.25) is 14.3 Å². The Morgan fingerprint density at radius 1 is 1.48 bits per heavy atom. The Morgan fingerprint density at radius 3 is 2.70 bits per heavy atom. The van der Waals surface area contributed by atoms with Crippen molar-refractivity contribution in [1.29, 1.82) is 5.26 Å². The lowest BCUT2D eigenvalue weighted by atomic mass is 9.52. The number of rotatable bonds is 1. The molecule has 2 atom stereocenters. The van der Waals surface area contributed by atoms with E-state index in [2.05, 4.69) is 5.10 Å². The molecular formula is C17H20N4O2. The van der Waals surface area contributed by atoms with Crippen LogP contribution in [0.4, 0.5) is 0 Å². The summed E-state index contributed by atoms with van der Waals surface area (Å²) >= 11 is 0. The molecular weight excluding hydrogens is 292 g/mol. The summed E-state index contributed by atoms with van der Waals surface area (Å²) < 4.78 is 1.52. The number of carbonyl (C=O) groups excluding carboxylic acids is 2. The van der Waals surface area contributed by atoms with Crippen molar-refractivity contribution in [2.75, 3.05) is 0 Å². The van der Waals surface area contributed by atoms with Crippen LogP contribution < -0.4 is 5.73 Å². The predicted octanol–water partition coefficient (Wildman–Crippen LogP) is 1.40. The fraction of sp³-hybridized carbons (Fsp3) is 0.529. The number of allylic oxidation sites excluding steroid dienone is 2. The molecule has 2 aliphatic carbocycles. The number of hydrogen-bond acceptors (Lipinski definition) is 4. The number of aryl methyl sites for hydroxylation is 1. The molecule has 1 aromatic rings. The maximum atomic E-state index is 12.6. The monoisotopic (exact) mass is 312 g/mol. The highest BCUT2D eigenvalue weighted by Gasteiger charge is 2.55. The van der Waals surface area contributed by atoms with E-state index in [1.165, 1.54) is 4.68 Å². The standard InChI is InChI=1S/C17H20N4O2/c1-16(2)11-6-5-10-12(15(19)23)21(4)20-13(10)17(11,3)7-9(8-18)14(16)22/h7,11H,5-6H2,1-4H3,(H2,19,23)/t11?,17-/m0/s1. The van der Waals surface area contributed by atoms with Crippen molar-refractivity contribution in [3.63, 3.8) is 0 Å². The average Bonchev–Trinajstić information content (AvgIpc) is 2.80. The summed E-state index contributed by atoms with van der Waals surface area (Å²) in [7, 11) is 1.70. The van der Waals surface area contributed by atoms with Crippen LogP contribution in [-0.4, -0.2) is 21.5 Å². The summed E-state index contributed by atoms with van der Waals surface area (Å²) in [6.45, 7) is 5.79. The van der Waals surface area contributed by atoms with Crippen molar-refractivity contribution < 1.29 is 9.59 Å². The Kier molecular flexibility index (Phi) is 3.06. The molecule has 0 radical (unpaired) electrons. The largest absolute Gasteiger partial charge is 0.364 e. The van der Waals surface area contributed by atoms with E-state index in [0.29, 0.717) is 12.1 Å². The van der Waals surface area contributed by atoms with Crippen LogP contribution in [0.2, 0.25) is 0 Å². The molecule has 23 heavy (non-hydrogen) atoms. The smallest absolute Gasteiger partial charge is 0.267 e. The molecule has 1 unspecified atom stereocenters. The van der Waals surface area contributed by atoms with Crippen molar-refractivity contribution in [1.82, 2.24) is 9.78 Å². The lowest BCUT2D eigenvalue weighted by molar-refractivity contribution is -0.128. The third-order valence-electron chi connectivity index (χ3n) is 5.56. The number of nitrogens with zero attached hydrogens (tertiary/aromatic N) is 3.